The third-order valence-electron chi connectivity index (χ3n) is 2.61. The Morgan fingerprint density at radius 3 is 2.67 bits per heavy atom. The summed E-state index contributed by atoms with van der Waals surface area (Å²) in [4.78, 5) is 11.6. The van der Waals surface area contributed by atoms with Gasteiger partial charge in [0, 0.05) is 11.0 Å². The molecule has 0 spiro atoms. The van der Waals surface area contributed by atoms with Gasteiger partial charge in [-0.3, -0.25) is 4.79 Å². The summed E-state index contributed by atoms with van der Waals surface area (Å²) in [5, 5.41) is 2.57. The van der Waals surface area contributed by atoms with E-state index in [0.717, 1.165) is 0 Å². The predicted molar refractivity (Wildman–Crippen MR) is 77.8 cm³/mol. The quantitative estimate of drug-likeness (QED) is 0.892. The van der Waals surface area contributed by atoms with Crippen molar-refractivity contribution in [2.45, 2.75) is 6.54 Å². The number of rotatable bonds is 5. The highest BCUT2D eigenvalue weighted by atomic mass is 79.9. The van der Waals surface area contributed by atoms with Gasteiger partial charge in [-0.2, -0.15) is 0 Å². The first-order valence-corrected chi connectivity index (χ1v) is 6.93. The molecule has 2 aromatic rings. The topological polar surface area (TPSA) is 38.3 Å². The third-order valence-corrected chi connectivity index (χ3v) is 3.07. The van der Waals surface area contributed by atoms with Crippen LogP contribution in [0.3, 0.4) is 0 Å². The number of ether oxygens (including phenoxy) is 1. The van der Waals surface area contributed by atoms with E-state index in [2.05, 4.69) is 21.2 Å². The van der Waals surface area contributed by atoms with Crippen LogP contribution in [-0.2, 0) is 11.3 Å². The van der Waals surface area contributed by atoms with Crippen LogP contribution in [0.25, 0.3) is 0 Å². The van der Waals surface area contributed by atoms with Crippen LogP contribution in [0.5, 0.6) is 5.75 Å². The number of para-hydroxylation sites is 1. The smallest absolute Gasteiger partial charge is 0.258 e. The van der Waals surface area contributed by atoms with E-state index in [0.29, 0.717) is 10.0 Å². The summed E-state index contributed by atoms with van der Waals surface area (Å²) in [6.07, 6.45) is 0. The molecule has 0 radical (unpaired) electrons. The fourth-order valence-corrected chi connectivity index (χ4v) is 2.18. The molecule has 0 aromatic heterocycles. The molecular weight excluding hydrogens is 344 g/mol. The van der Waals surface area contributed by atoms with Crippen molar-refractivity contribution in [1.29, 1.82) is 0 Å². The Bertz CT molecular complexity index is 629. The molecule has 21 heavy (non-hydrogen) atoms. The Balaban J connectivity index is 1.84. The molecule has 110 valence electrons. The molecule has 0 bridgehead atoms. The van der Waals surface area contributed by atoms with E-state index in [4.69, 9.17) is 4.74 Å². The number of hydrogen-bond acceptors (Lipinski definition) is 2. The van der Waals surface area contributed by atoms with Crippen molar-refractivity contribution in [1.82, 2.24) is 5.32 Å². The summed E-state index contributed by atoms with van der Waals surface area (Å²) in [5.41, 5.74) is 0.612. The molecule has 0 aliphatic carbocycles. The van der Waals surface area contributed by atoms with Crippen LogP contribution in [0, 0.1) is 11.6 Å². The average molecular weight is 356 g/mol. The van der Waals surface area contributed by atoms with Gasteiger partial charge < -0.3 is 10.1 Å². The van der Waals surface area contributed by atoms with Gasteiger partial charge in [0.05, 0.1) is 0 Å². The zero-order chi connectivity index (χ0) is 15.2. The second-order valence-electron chi connectivity index (χ2n) is 4.27. The van der Waals surface area contributed by atoms with E-state index in [1.54, 1.807) is 12.1 Å². The lowest BCUT2D eigenvalue weighted by Crippen LogP contribution is -2.28. The highest BCUT2D eigenvalue weighted by molar-refractivity contribution is 9.10. The number of carbonyl (C=O) groups is 1. The molecule has 0 atom stereocenters. The molecule has 6 heteroatoms. The monoisotopic (exact) mass is 355 g/mol. The summed E-state index contributed by atoms with van der Waals surface area (Å²) < 4.78 is 32.1. The maximum atomic E-state index is 13.3. The molecule has 0 saturated carbocycles. The summed E-state index contributed by atoms with van der Waals surface area (Å²) in [6, 6.07) is 10.2. The van der Waals surface area contributed by atoms with Gasteiger partial charge >= 0.3 is 0 Å². The second kappa shape index (κ2) is 7.17. The Morgan fingerprint density at radius 1 is 1.19 bits per heavy atom. The first-order chi connectivity index (χ1) is 10.0. The molecule has 3 nitrogen and oxygen atoms in total. The van der Waals surface area contributed by atoms with Crippen LogP contribution < -0.4 is 10.1 Å². The van der Waals surface area contributed by atoms with Crippen LogP contribution in [0.15, 0.2) is 46.9 Å². The number of halogens is 3. The second-order valence-corrected chi connectivity index (χ2v) is 5.19. The highest BCUT2D eigenvalue weighted by Gasteiger charge is 2.07. The van der Waals surface area contributed by atoms with Crippen molar-refractivity contribution in [3.05, 3.63) is 64.1 Å². The molecule has 0 heterocycles. The molecule has 0 aliphatic rings. The van der Waals surface area contributed by atoms with Crippen LogP contribution in [0.4, 0.5) is 8.78 Å². The average Bonchev–Trinajstić information content (AvgIpc) is 2.43. The fourth-order valence-electron chi connectivity index (χ4n) is 1.67. The summed E-state index contributed by atoms with van der Waals surface area (Å²) in [6.45, 7) is -0.146. The zero-order valence-electron chi connectivity index (χ0n) is 10.9. The minimum absolute atomic E-state index is 0.0150. The van der Waals surface area contributed by atoms with Gasteiger partial charge in [-0.15, -0.1) is 0 Å². The summed E-state index contributed by atoms with van der Waals surface area (Å²) in [7, 11) is 0. The summed E-state index contributed by atoms with van der Waals surface area (Å²) >= 11 is 3.17. The SMILES string of the molecule is O=C(COc1ccccc1F)NCc1cc(F)cc(Br)c1. The largest absolute Gasteiger partial charge is 0.481 e. The molecule has 0 unspecified atom stereocenters. The minimum atomic E-state index is -0.528. The van der Waals surface area contributed by atoms with Gasteiger partial charge in [-0.1, -0.05) is 28.1 Å². The molecule has 0 fully saturated rings. The Hall–Kier alpha value is -1.95. The van der Waals surface area contributed by atoms with E-state index in [1.165, 1.54) is 30.3 Å². The first kappa shape index (κ1) is 15.4. The van der Waals surface area contributed by atoms with Crippen molar-refractivity contribution in [2.75, 3.05) is 6.61 Å². The van der Waals surface area contributed by atoms with Gasteiger partial charge in [-0.05, 0) is 35.9 Å². The Labute approximate surface area is 129 Å². The lowest BCUT2D eigenvalue weighted by molar-refractivity contribution is -0.123. The van der Waals surface area contributed by atoms with Gasteiger partial charge in [-0.25, -0.2) is 8.78 Å². The molecule has 2 rings (SSSR count). The molecular formula is C15H12BrF2NO2. The number of benzene rings is 2. The lowest BCUT2D eigenvalue weighted by Gasteiger charge is -2.08. The van der Waals surface area contributed by atoms with Crippen LogP contribution >= 0.6 is 15.9 Å². The number of hydrogen-bond donors (Lipinski definition) is 1. The normalized spacial score (nSPS) is 10.2. The minimum Gasteiger partial charge on any atom is -0.481 e. The van der Waals surface area contributed by atoms with Crippen molar-refractivity contribution in [3.63, 3.8) is 0 Å². The van der Waals surface area contributed by atoms with Gasteiger partial charge in [0.2, 0.25) is 0 Å². The van der Waals surface area contributed by atoms with Gasteiger partial charge in [0.15, 0.2) is 18.2 Å². The summed E-state index contributed by atoms with van der Waals surface area (Å²) in [5.74, 6) is -1.32. The molecule has 0 saturated heterocycles. The van der Waals surface area contributed by atoms with E-state index in [9.17, 15) is 13.6 Å². The van der Waals surface area contributed by atoms with Crippen LogP contribution in [0.2, 0.25) is 0 Å². The van der Waals surface area contributed by atoms with Gasteiger partial charge in [0.1, 0.15) is 5.82 Å². The predicted octanol–water partition coefficient (Wildman–Crippen LogP) is 3.42. The molecule has 2 aromatic carbocycles. The standard InChI is InChI=1S/C15H12BrF2NO2/c16-11-5-10(6-12(17)7-11)8-19-15(20)9-21-14-4-2-1-3-13(14)18/h1-7H,8-9H2,(H,19,20). The first-order valence-electron chi connectivity index (χ1n) is 6.13. The number of carbonyl (C=O) groups excluding carboxylic acids is 1. The van der Waals surface area contributed by atoms with Crippen molar-refractivity contribution >= 4 is 21.8 Å². The van der Waals surface area contributed by atoms with Crippen molar-refractivity contribution in [3.8, 4) is 5.75 Å². The molecule has 1 N–H and O–H groups in total. The molecule has 0 aliphatic heterocycles. The highest BCUT2D eigenvalue weighted by Crippen LogP contribution is 2.16. The molecule has 1 amide bonds. The lowest BCUT2D eigenvalue weighted by atomic mass is 10.2. The number of nitrogens with one attached hydrogen (secondary N) is 1. The Morgan fingerprint density at radius 2 is 1.95 bits per heavy atom. The van der Waals surface area contributed by atoms with E-state index >= 15 is 0 Å². The number of amides is 1. The van der Waals surface area contributed by atoms with Crippen LogP contribution in [0.1, 0.15) is 5.56 Å². The zero-order valence-corrected chi connectivity index (χ0v) is 12.5. The third kappa shape index (κ3) is 4.82. The van der Waals surface area contributed by atoms with E-state index in [-0.39, 0.29) is 18.9 Å². The van der Waals surface area contributed by atoms with E-state index < -0.39 is 17.5 Å². The van der Waals surface area contributed by atoms with Crippen LogP contribution in [-0.4, -0.2) is 12.5 Å². The van der Waals surface area contributed by atoms with E-state index in [1.807, 2.05) is 0 Å². The maximum Gasteiger partial charge on any atom is 0.258 e. The Kier molecular flexibility index (Phi) is 5.27. The van der Waals surface area contributed by atoms with Gasteiger partial charge in [0.25, 0.3) is 5.91 Å². The van der Waals surface area contributed by atoms with Crippen molar-refractivity contribution < 1.29 is 18.3 Å². The van der Waals surface area contributed by atoms with Crippen molar-refractivity contribution in [2.24, 2.45) is 0 Å². The maximum absolute atomic E-state index is 13.3. The fraction of sp³-hybridized carbons (Fsp3) is 0.133.